The van der Waals surface area contributed by atoms with Crippen molar-refractivity contribution in [2.24, 2.45) is 0 Å². The van der Waals surface area contributed by atoms with Crippen molar-refractivity contribution in [1.29, 1.82) is 0 Å². The third kappa shape index (κ3) is 4.24. The van der Waals surface area contributed by atoms with Gasteiger partial charge in [0, 0.05) is 31.3 Å². The van der Waals surface area contributed by atoms with Gasteiger partial charge in [-0.05, 0) is 62.8 Å². The van der Waals surface area contributed by atoms with Gasteiger partial charge in [0.1, 0.15) is 0 Å². The quantitative estimate of drug-likeness (QED) is 0.209. The fraction of sp³-hybridized carbons (Fsp3) is 0. The molecule has 0 radical (unpaired) electrons. The predicted octanol–water partition coefficient (Wildman–Crippen LogP) is 10.7. The number of fused-ring (bicyclic) bond motifs is 5. The molecule has 0 saturated carbocycles. The van der Waals surface area contributed by atoms with Crippen molar-refractivity contribution in [2.75, 3.05) is 0 Å². The first-order valence-corrected chi connectivity index (χ1v) is 14.9. The van der Waals surface area contributed by atoms with E-state index in [-0.39, 0.29) is 5.28 Å². The van der Waals surface area contributed by atoms with Crippen LogP contribution in [0.1, 0.15) is 0 Å². The van der Waals surface area contributed by atoms with Gasteiger partial charge in [0.05, 0.1) is 0 Å². The number of aromatic nitrogens is 3. The second-order valence-electron chi connectivity index (χ2n) is 10.2. The summed E-state index contributed by atoms with van der Waals surface area (Å²) < 4.78 is 2.36. The van der Waals surface area contributed by atoms with Crippen LogP contribution in [0, 0.1) is 0 Å². The molecule has 0 aliphatic heterocycles. The van der Waals surface area contributed by atoms with Crippen LogP contribution < -0.4 is 0 Å². The van der Waals surface area contributed by atoms with E-state index in [1.165, 1.54) is 48.5 Å². The molecule has 198 valence electrons. The lowest BCUT2D eigenvalue weighted by atomic mass is 9.93. The molecule has 0 fully saturated rings. The molecule has 2 aromatic heterocycles. The molecule has 0 aliphatic rings. The van der Waals surface area contributed by atoms with Crippen LogP contribution in [-0.2, 0) is 0 Å². The van der Waals surface area contributed by atoms with Gasteiger partial charge in [-0.1, -0.05) is 115 Å². The Balaban J connectivity index is 1.36. The lowest BCUT2D eigenvalue weighted by Gasteiger charge is -2.11. The van der Waals surface area contributed by atoms with E-state index >= 15 is 0 Å². The van der Waals surface area contributed by atoms with Crippen LogP contribution in [0.2, 0.25) is 5.28 Å². The van der Waals surface area contributed by atoms with E-state index in [0.717, 1.165) is 15.8 Å². The van der Waals surface area contributed by atoms with E-state index in [0.29, 0.717) is 11.6 Å². The van der Waals surface area contributed by atoms with Gasteiger partial charge in [0.2, 0.25) is 5.28 Å². The maximum Gasteiger partial charge on any atom is 0.226 e. The lowest BCUT2D eigenvalue weighted by molar-refractivity contribution is 1.07. The van der Waals surface area contributed by atoms with Crippen molar-refractivity contribution in [3.8, 4) is 45.0 Å². The maximum atomic E-state index is 6.44. The SMILES string of the molecule is Clc1nc(-c2ccccc2)nc(-c2cccc3c2sc2cc(-c4cccc(-c5ccccc5)c4)c4ccccc4c23)n1. The van der Waals surface area contributed by atoms with Crippen LogP contribution in [0.15, 0.2) is 133 Å². The van der Waals surface area contributed by atoms with Gasteiger partial charge < -0.3 is 0 Å². The standard InChI is InChI=1S/C37H22ClN3S/c38-37-40-35(24-13-5-2-6-14-24)39-36(41-37)30-20-10-19-29-33-28-18-8-7-17-27(28)31(22-32(33)42-34(29)30)26-16-9-15-25(21-26)23-11-3-1-4-12-23/h1-22H. The highest BCUT2D eigenvalue weighted by Crippen LogP contribution is 2.45. The zero-order valence-corrected chi connectivity index (χ0v) is 23.9. The van der Waals surface area contributed by atoms with Gasteiger partial charge in [-0.15, -0.1) is 11.3 Å². The van der Waals surface area contributed by atoms with Crippen molar-refractivity contribution < 1.29 is 0 Å². The number of hydrogen-bond acceptors (Lipinski definition) is 4. The van der Waals surface area contributed by atoms with Gasteiger partial charge in [0.15, 0.2) is 11.6 Å². The first-order valence-electron chi connectivity index (χ1n) is 13.7. The van der Waals surface area contributed by atoms with Gasteiger partial charge >= 0.3 is 0 Å². The van der Waals surface area contributed by atoms with Crippen LogP contribution in [-0.4, -0.2) is 15.0 Å². The average molecular weight is 576 g/mol. The number of hydrogen-bond donors (Lipinski definition) is 0. The van der Waals surface area contributed by atoms with E-state index in [2.05, 4.69) is 113 Å². The van der Waals surface area contributed by atoms with Crippen LogP contribution in [0.25, 0.3) is 76.0 Å². The summed E-state index contributed by atoms with van der Waals surface area (Å²) >= 11 is 8.22. The van der Waals surface area contributed by atoms with E-state index in [4.69, 9.17) is 16.6 Å². The highest BCUT2D eigenvalue weighted by molar-refractivity contribution is 7.26. The molecular formula is C37H22ClN3S. The first kappa shape index (κ1) is 24.9. The minimum Gasteiger partial charge on any atom is -0.208 e. The number of rotatable bonds is 4. The summed E-state index contributed by atoms with van der Waals surface area (Å²) in [6.07, 6.45) is 0. The molecule has 3 nitrogen and oxygen atoms in total. The minimum absolute atomic E-state index is 0.183. The Morgan fingerprint density at radius 1 is 0.452 bits per heavy atom. The molecule has 0 saturated heterocycles. The lowest BCUT2D eigenvalue weighted by Crippen LogP contribution is -1.97. The van der Waals surface area contributed by atoms with Crippen molar-refractivity contribution in [3.63, 3.8) is 0 Å². The molecule has 6 aromatic carbocycles. The molecule has 0 unspecified atom stereocenters. The summed E-state index contributed by atoms with van der Waals surface area (Å²) in [7, 11) is 0. The Labute approximate surface area is 251 Å². The third-order valence-electron chi connectivity index (χ3n) is 7.67. The smallest absolute Gasteiger partial charge is 0.208 e. The fourth-order valence-corrected chi connectivity index (χ4v) is 7.19. The van der Waals surface area contributed by atoms with Gasteiger partial charge in [-0.25, -0.2) is 4.98 Å². The topological polar surface area (TPSA) is 38.7 Å². The fourth-order valence-electron chi connectivity index (χ4n) is 5.76. The number of benzene rings is 6. The molecule has 8 aromatic rings. The zero-order chi connectivity index (χ0) is 28.0. The molecule has 0 spiro atoms. The highest BCUT2D eigenvalue weighted by atomic mass is 35.5. The summed E-state index contributed by atoms with van der Waals surface area (Å²) in [5, 5.41) is 5.08. The summed E-state index contributed by atoms with van der Waals surface area (Å²) in [4.78, 5) is 13.8. The summed E-state index contributed by atoms with van der Waals surface area (Å²) in [5.74, 6) is 1.14. The number of halogens is 1. The van der Waals surface area contributed by atoms with Gasteiger partial charge in [-0.2, -0.15) is 9.97 Å². The number of thiophene rings is 1. The van der Waals surface area contributed by atoms with E-state index in [1.54, 1.807) is 11.3 Å². The van der Waals surface area contributed by atoms with Crippen LogP contribution in [0.4, 0.5) is 0 Å². The molecule has 0 N–H and O–H groups in total. The van der Waals surface area contributed by atoms with E-state index in [9.17, 15) is 0 Å². The van der Waals surface area contributed by atoms with Crippen molar-refractivity contribution in [1.82, 2.24) is 15.0 Å². The van der Waals surface area contributed by atoms with Gasteiger partial charge in [0.25, 0.3) is 0 Å². The van der Waals surface area contributed by atoms with Crippen molar-refractivity contribution in [2.45, 2.75) is 0 Å². The van der Waals surface area contributed by atoms with Crippen LogP contribution in [0.5, 0.6) is 0 Å². The molecule has 0 amide bonds. The largest absolute Gasteiger partial charge is 0.226 e. The normalized spacial score (nSPS) is 11.5. The summed E-state index contributed by atoms with van der Waals surface area (Å²) in [6, 6.07) is 46.6. The molecule has 42 heavy (non-hydrogen) atoms. The molecule has 2 heterocycles. The average Bonchev–Trinajstić information content (AvgIpc) is 3.44. The number of nitrogens with zero attached hydrogens (tertiary/aromatic N) is 3. The molecule has 8 rings (SSSR count). The van der Waals surface area contributed by atoms with Gasteiger partial charge in [-0.3, -0.25) is 0 Å². The summed E-state index contributed by atoms with van der Waals surface area (Å²) in [6.45, 7) is 0. The Kier molecular flexibility index (Phi) is 6.03. The van der Waals surface area contributed by atoms with Crippen molar-refractivity contribution in [3.05, 3.63) is 139 Å². The highest BCUT2D eigenvalue weighted by Gasteiger charge is 2.18. The monoisotopic (exact) mass is 575 g/mol. The first-order chi connectivity index (χ1) is 20.7. The van der Waals surface area contributed by atoms with Crippen LogP contribution >= 0.6 is 22.9 Å². The maximum absolute atomic E-state index is 6.44. The molecule has 0 aliphatic carbocycles. The Bertz CT molecular complexity index is 2260. The Hall–Kier alpha value is -4.90. The Morgan fingerprint density at radius 2 is 1.07 bits per heavy atom. The Morgan fingerprint density at radius 3 is 1.88 bits per heavy atom. The molecule has 5 heteroatoms. The minimum atomic E-state index is 0.183. The second-order valence-corrected chi connectivity index (χ2v) is 11.6. The van der Waals surface area contributed by atoms with E-state index < -0.39 is 0 Å². The predicted molar refractivity (Wildman–Crippen MR) is 177 cm³/mol. The molecular weight excluding hydrogens is 554 g/mol. The van der Waals surface area contributed by atoms with Crippen LogP contribution in [0.3, 0.4) is 0 Å². The second kappa shape index (κ2) is 10.2. The molecule has 0 bridgehead atoms. The zero-order valence-electron chi connectivity index (χ0n) is 22.3. The van der Waals surface area contributed by atoms with Crippen molar-refractivity contribution >= 4 is 53.9 Å². The summed E-state index contributed by atoms with van der Waals surface area (Å²) in [5.41, 5.74) is 6.69. The molecule has 0 atom stereocenters. The third-order valence-corrected chi connectivity index (χ3v) is 9.02. The van der Waals surface area contributed by atoms with E-state index in [1.807, 2.05) is 30.3 Å².